The second kappa shape index (κ2) is 15.3. The number of pyridine rings is 3. The summed E-state index contributed by atoms with van der Waals surface area (Å²) in [4.78, 5) is 15.3. The Morgan fingerprint density at radius 2 is 1.07 bits per heavy atom. The summed E-state index contributed by atoms with van der Waals surface area (Å²) in [7, 11) is 0. The number of benzene rings is 5. The number of hydrogen-bond donors (Lipinski definition) is 0. The van der Waals surface area contributed by atoms with Gasteiger partial charge in [-0.05, 0) is 68.8 Å². The zero-order valence-electron chi connectivity index (χ0n) is 35.2. The van der Waals surface area contributed by atoms with Crippen LogP contribution in [-0.4, -0.2) is 23.8 Å². The van der Waals surface area contributed by atoms with Gasteiger partial charge >= 0.3 is 21.1 Å². The fourth-order valence-corrected chi connectivity index (χ4v) is 9.17. The van der Waals surface area contributed by atoms with E-state index < -0.39 is 0 Å². The van der Waals surface area contributed by atoms with Crippen LogP contribution in [-0.2, 0) is 21.1 Å². The van der Waals surface area contributed by atoms with Crippen molar-refractivity contribution in [2.24, 2.45) is 0 Å². The predicted octanol–water partition coefficient (Wildman–Crippen LogP) is 14.2. The van der Waals surface area contributed by atoms with Crippen LogP contribution in [0.5, 0.6) is 11.5 Å². The van der Waals surface area contributed by atoms with Gasteiger partial charge in [-0.25, -0.2) is 4.98 Å². The molecule has 0 N–H and O–H groups in total. The van der Waals surface area contributed by atoms with Gasteiger partial charge in [0.25, 0.3) is 0 Å². The molecule has 0 saturated heterocycles. The van der Waals surface area contributed by atoms with E-state index in [1.807, 2.05) is 30.7 Å². The van der Waals surface area contributed by atoms with Crippen LogP contribution in [0.2, 0.25) is 0 Å². The maximum atomic E-state index is 6.63. The normalized spacial score (nSPS) is 12.1. The maximum absolute atomic E-state index is 6.63. The molecule has 0 bridgehead atoms. The van der Waals surface area contributed by atoms with E-state index in [0.29, 0.717) is 35.2 Å². The van der Waals surface area contributed by atoms with Gasteiger partial charge in [0.1, 0.15) is 5.65 Å². The molecule has 0 aliphatic carbocycles. The molecule has 0 unspecified atom stereocenters. The molecule has 0 saturated carbocycles. The zero-order valence-corrected chi connectivity index (χ0v) is 37.5. The molecule has 0 amide bonds. The third kappa shape index (κ3) is 6.30. The molecule has 60 heavy (non-hydrogen) atoms. The van der Waals surface area contributed by atoms with Crippen molar-refractivity contribution in [3.8, 4) is 34.0 Å². The standard InChI is InChI=1S/C53H47N5O.Pt/c1-30(2)36-14-11-15-37(31(3)4)49(36)46-24-23-43-41-22-20-34(27-44(41)51-54-25-26-57(51)53(43)56-46)59-35-19-21-40-42-13-9-10-18-47(42)58-48(29-55-52(58)45(40)28-35)50-38(32(5)6)16-12-17-39(50)33(7)8;/h9-26,29-33H,1-8H3;/q-2;+2. The topological polar surface area (TPSA) is 56.7 Å². The minimum Gasteiger partial charge on any atom is -0.497 e. The molecule has 10 rings (SSSR count). The van der Waals surface area contributed by atoms with Crippen LogP contribution in [0.1, 0.15) is 101 Å². The van der Waals surface area contributed by atoms with Crippen molar-refractivity contribution in [2.45, 2.75) is 79.1 Å². The van der Waals surface area contributed by atoms with Crippen LogP contribution in [0, 0.1) is 12.1 Å². The van der Waals surface area contributed by atoms with E-state index in [1.54, 1.807) is 0 Å². The molecule has 0 aliphatic rings. The summed E-state index contributed by atoms with van der Waals surface area (Å²) in [6.45, 7) is 18.1. The number of nitrogens with zero attached hydrogens (tertiary/aromatic N) is 5. The van der Waals surface area contributed by atoms with Gasteiger partial charge in [0.15, 0.2) is 0 Å². The molecule has 5 heterocycles. The van der Waals surface area contributed by atoms with Gasteiger partial charge in [-0.15, -0.1) is 12.1 Å². The summed E-state index contributed by atoms with van der Waals surface area (Å²) >= 11 is 0. The van der Waals surface area contributed by atoms with Gasteiger partial charge in [-0.1, -0.05) is 162 Å². The Labute approximate surface area is 365 Å². The summed E-state index contributed by atoms with van der Waals surface area (Å²) < 4.78 is 11.0. The van der Waals surface area contributed by atoms with Gasteiger partial charge in [-0.2, -0.15) is 0 Å². The van der Waals surface area contributed by atoms with Crippen molar-refractivity contribution < 1.29 is 25.8 Å². The van der Waals surface area contributed by atoms with E-state index in [0.717, 1.165) is 66.2 Å². The van der Waals surface area contributed by atoms with Crippen LogP contribution in [0.15, 0.2) is 116 Å². The van der Waals surface area contributed by atoms with Crippen molar-refractivity contribution in [1.29, 1.82) is 0 Å². The summed E-state index contributed by atoms with van der Waals surface area (Å²) in [6.07, 6.45) is 5.86. The van der Waals surface area contributed by atoms with Gasteiger partial charge in [0.05, 0.1) is 22.7 Å². The van der Waals surface area contributed by atoms with E-state index in [-0.39, 0.29) is 21.1 Å². The Balaban J connectivity index is 0.00000462. The van der Waals surface area contributed by atoms with E-state index in [2.05, 4.69) is 161 Å². The van der Waals surface area contributed by atoms with E-state index in [4.69, 9.17) is 19.7 Å². The number of hydrogen-bond acceptors (Lipinski definition) is 4. The molecule has 10 aromatic rings. The molecule has 0 spiro atoms. The first-order chi connectivity index (χ1) is 28.6. The molecule has 0 radical (unpaired) electrons. The molecule has 0 aliphatic heterocycles. The van der Waals surface area contributed by atoms with Gasteiger partial charge in [0, 0.05) is 46.7 Å². The molecule has 0 fully saturated rings. The van der Waals surface area contributed by atoms with Crippen LogP contribution in [0.3, 0.4) is 0 Å². The zero-order chi connectivity index (χ0) is 40.7. The number of rotatable bonds is 8. The smallest absolute Gasteiger partial charge is 0.497 e. The summed E-state index contributed by atoms with van der Waals surface area (Å²) in [6, 6.07) is 41.8. The van der Waals surface area contributed by atoms with Gasteiger partial charge in [0.2, 0.25) is 0 Å². The van der Waals surface area contributed by atoms with Crippen molar-refractivity contribution in [1.82, 2.24) is 23.8 Å². The van der Waals surface area contributed by atoms with Crippen LogP contribution >= 0.6 is 0 Å². The number of aromatic nitrogens is 5. The van der Waals surface area contributed by atoms with Crippen molar-refractivity contribution in [3.63, 3.8) is 0 Å². The van der Waals surface area contributed by atoms with E-state index in [9.17, 15) is 0 Å². The quantitative estimate of drug-likeness (QED) is 0.112. The SMILES string of the molecule is CC(C)c1cccc(C(C)C)c1-c1ccc2c3ccc(Oc4[c-]c5c(cc4)c4ccccc4n4c(-c6c(C(C)C)cccc6C(C)C)cnc54)[c-]c3c3nccn3c2n1.[Pt+2]. The number of ether oxygens (including phenoxy) is 1. The first kappa shape index (κ1) is 39.6. The van der Waals surface area contributed by atoms with Gasteiger partial charge < -0.3 is 13.5 Å². The summed E-state index contributed by atoms with van der Waals surface area (Å²) in [5.41, 5.74) is 13.4. The largest absolute Gasteiger partial charge is 2.00 e. The van der Waals surface area contributed by atoms with Crippen molar-refractivity contribution in [3.05, 3.63) is 150 Å². The second-order valence-corrected chi connectivity index (χ2v) is 17.1. The number of fused-ring (bicyclic) bond motifs is 12. The molecule has 6 nitrogen and oxygen atoms in total. The Morgan fingerprint density at radius 1 is 0.517 bits per heavy atom. The average Bonchev–Trinajstić information content (AvgIpc) is 3.92. The van der Waals surface area contributed by atoms with Crippen molar-refractivity contribution in [2.75, 3.05) is 0 Å². The third-order valence-corrected chi connectivity index (χ3v) is 12.0. The first-order valence-corrected chi connectivity index (χ1v) is 20.9. The Hall–Kier alpha value is -5.84. The molecule has 5 aromatic carbocycles. The third-order valence-electron chi connectivity index (χ3n) is 12.0. The Morgan fingerprint density at radius 3 is 1.68 bits per heavy atom. The second-order valence-electron chi connectivity index (χ2n) is 17.1. The molecule has 0 atom stereocenters. The Bertz CT molecular complexity index is 3230. The monoisotopic (exact) mass is 964 g/mol. The fourth-order valence-electron chi connectivity index (χ4n) is 9.17. The predicted molar refractivity (Wildman–Crippen MR) is 243 cm³/mol. The molecule has 7 heteroatoms. The molecular formula is C53H47N5OPt. The summed E-state index contributed by atoms with van der Waals surface area (Å²) in [5, 5.41) is 6.05. The van der Waals surface area contributed by atoms with Gasteiger partial charge in [-0.3, -0.25) is 9.97 Å². The number of imidazole rings is 2. The number of para-hydroxylation sites is 1. The molecule has 5 aromatic heterocycles. The van der Waals surface area contributed by atoms with Crippen molar-refractivity contribution >= 4 is 54.8 Å². The first-order valence-electron chi connectivity index (χ1n) is 20.9. The van der Waals surface area contributed by atoms with E-state index >= 15 is 0 Å². The van der Waals surface area contributed by atoms with E-state index in [1.165, 1.54) is 33.4 Å². The molecule has 300 valence electrons. The summed E-state index contributed by atoms with van der Waals surface area (Å²) in [5.74, 6) is 2.62. The minimum absolute atomic E-state index is 0. The van der Waals surface area contributed by atoms with Crippen LogP contribution < -0.4 is 4.74 Å². The van der Waals surface area contributed by atoms with Crippen LogP contribution in [0.4, 0.5) is 0 Å². The minimum atomic E-state index is 0. The maximum Gasteiger partial charge on any atom is 2.00 e. The fraction of sp³-hybridized carbons (Fsp3) is 0.226. The van der Waals surface area contributed by atoms with Crippen LogP contribution in [0.25, 0.3) is 77.3 Å². The Kier molecular flexibility index (Phi) is 10.1. The molecular weight excluding hydrogens is 918 g/mol. The average molecular weight is 965 g/mol.